The van der Waals surface area contributed by atoms with Crippen molar-refractivity contribution < 1.29 is 4.79 Å². The second-order valence-electron chi connectivity index (χ2n) is 4.97. The lowest BCUT2D eigenvalue weighted by Gasteiger charge is -2.07. The number of aromatic nitrogens is 2. The average Bonchev–Trinajstić information content (AvgIpc) is 2.80. The summed E-state index contributed by atoms with van der Waals surface area (Å²) >= 11 is 0. The van der Waals surface area contributed by atoms with E-state index in [1.54, 1.807) is 18.3 Å². The maximum absolute atomic E-state index is 12.0. The van der Waals surface area contributed by atoms with Crippen molar-refractivity contribution in [3.05, 3.63) is 64.7 Å². The lowest BCUT2D eigenvalue weighted by molar-refractivity contribution is -0.116. The van der Waals surface area contributed by atoms with Gasteiger partial charge in [-0.05, 0) is 37.3 Å². The van der Waals surface area contributed by atoms with Gasteiger partial charge in [-0.1, -0.05) is 6.07 Å². The number of fused-ring (bicyclic) bond motifs is 1. The number of aromatic amines is 1. The minimum absolute atomic E-state index is 0.00384. The molecule has 2 N–H and O–H groups in total. The lowest BCUT2D eigenvalue weighted by Crippen LogP contribution is -2.26. The molecule has 0 aliphatic heterocycles. The summed E-state index contributed by atoms with van der Waals surface area (Å²) in [5, 5.41) is 3.85. The van der Waals surface area contributed by atoms with Gasteiger partial charge in [-0.2, -0.15) is 0 Å². The standard InChI is InChI=1S/C16H15N3O2/c1-11-8-12-9-13(5-6-14(12)17-11)18-15(20)10-19-7-3-2-4-16(19)21/h2-9,17H,10H2,1H3,(H,18,20). The zero-order valence-electron chi connectivity index (χ0n) is 11.6. The third kappa shape index (κ3) is 2.86. The first kappa shape index (κ1) is 13.2. The Morgan fingerprint density at radius 2 is 2.10 bits per heavy atom. The summed E-state index contributed by atoms with van der Waals surface area (Å²) in [6.07, 6.45) is 1.60. The van der Waals surface area contributed by atoms with Crippen LogP contribution in [-0.4, -0.2) is 15.5 Å². The number of aryl methyl sites for hydroxylation is 1. The van der Waals surface area contributed by atoms with Crippen molar-refractivity contribution in [3.63, 3.8) is 0 Å². The number of benzene rings is 1. The molecule has 1 amide bonds. The van der Waals surface area contributed by atoms with Gasteiger partial charge in [-0.3, -0.25) is 9.59 Å². The molecule has 0 atom stereocenters. The Hall–Kier alpha value is -2.82. The van der Waals surface area contributed by atoms with Crippen LogP contribution in [0.4, 0.5) is 5.69 Å². The lowest BCUT2D eigenvalue weighted by atomic mass is 10.2. The molecule has 5 heteroatoms. The van der Waals surface area contributed by atoms with E-state index in [1.807, 2.05) is 31.2 Å². The predicted molar refractivity (Wildman–Crippen MR) is 82.4 cm³/mol. The summed E-state index contributed by atoms with van der Waals surface area (Å²) < 4.78 is 1.37. The van der Waals surface area contributed by atoms with Crippen molar-refractivity contribution in [1.29, 1.82) is 0 Å². The first-order valence-corrected chi connectivity index (χ1v) is 6.66. The maximum atomic E-state index is 12.0. The van der Waals surface area contributed by atoms with E-state index in [0.717, 1.165) is 22.3 Å². The normalized spacial score (nSPS) is 10.7. The summed E-state index contributed by atoms with van der Waals surface area (Å²) in [4.78, 5) is 26.8. The summed E-state index contributed by atoms with van der Waals surface area (Å²) in [5.41, 5.74) is 2.63. The number of rotatable bonds is 3. The van der Waals surface area contributed by atoms with Crippen LogP contribution in [0, 0.1) is 6.92 Å². The molecule has 0 unspecified atom stereocenters. The van der Waals surface area contributed by atoms with Crippen LogP contribution in [0.2, 0.25) is 0 Å². The zero-order chi connectivity index (χ0) is 14.8. The van der Waals surface area contributed by atoms with E-state index < -0.39 is 0 Å². The van der Waals surface area contributed by atoms with Crippen LogP contribution < -0.4 is 10.9 Å². The smallest absolute Gasteiger partial charge is 0.250 e. The highest BCUT2D eigenvalue weighted by Gasteiger charge is 2.06. The third-order valence-electron chi connectivity index (χ3n) is 3.25. The number of pyridine rings is 1. The van der Waals surface area contributed by atoms with Crippen LogP contribution in [0.15, 0.2) is 53.5 Å². The van der Waals surface area contributed by atoms with Gasteiger partial charge in [0, 0.05) is 34.5 Å². The number of H-pyrrole nitrogens is 1. The second-order valence-corrected chi connectivity index (χ2v) is 4.97. The molecule has 0 saturated heterocycles. The quantitative estimate of drug-likeness (QED) is 0.773. The molecule has 2 aromatic heterocycles. The number of nitrogens with zero attached hydrogens (tertiary/aromatic N) is 1. The second kappa shape index (κ2) is 5.28. The van der Waals surface area contributed by atoms with Crippen LogP contribution in [0.25, 0.3) is 10.9 Å². The minimum Gasteiger partial charge on any atom is -0.359 e. The molecule has 0 spiro atoms. The van der Waals surface area contributed by atoms with Crippen molar-refractivity contribution in [1.82, 2.24) is 9.55 Å². The molecule has 21 heavy (non-hydrogen) atoms. The van der Waals surface area contributed by atoms with Crippen molar-refractivity contribution in [2.45, 2.75) is 13.5 Å². The van der Waals surface area contributed by atoms with Crippen LogP contribution >= 0.6 is 0 Å². The molecule has 0 aliphatic carbocycles. The molecule has 1 aromatic carbocycles. The van der Waals surface area contributed by atoms with Crippen molar-refractivity contribution >= 4 is 22.5 Å². The van der Waals surface area contributed by atoms with Gasteiger partial charge in [0.2, 0.25) is 5.91 Å². The fourth-order valence-corrected chi connectivity index (χ4v) is 2.30. The Bertz CT molecular complexity index is 861. The average molecular weight is 281 g/mol. The Kier molecular flexibility index (Phi) is 3.31. The van der Waals surface area contributed by atoms with Crippen LogP contribution in [0.3, 0.4) is 0 Å². The van der Waals surface area contributed by atoms with Crippen molar-refractivity contribution in [2.75, 3.05) is 5.32 Å². The minimum atomic E-state index is -0.227. The van der Waals surface area contributed by atoms with E-state index in [4.69, 9.17) is 0 Å². The van der Waals surface area contributed by atoms with E-state index >= 15 is 0 Å². The number of amides is 1. The molecule has 0 radical (unpaired) electrons. The summed E-state index contributed by atoms with van der Waals surface area (Å²) in [6, 6.07) is 12.5. The van der Waals surface area contributed by atoms with Gasteiger partial charge in [0.05, 0.1) is 0 Å². The number of hydrogen-bond donors (Lipinski definition) is 2. The Balaban J connectivity index is 1.77. The summed E-state index contributed by atoms with van der Waals surface area (Å²) in [7, 11) is 0. The monoisotopic (exact) mass is 281 g/mol. The highest BCUT2D eigenvalue weighted by Crippen LogP contribution is 2.19. The van der Waals surface area contributed by atoms with Crippen LogP contribution in [0.1, 0.15) is 5.69 Å². The summed E-state index contributed by atoms with van der Waals surface area (Å²) in [6.45, 7) is 1.99. The van der Waals surface area contributed by atoms with Crippen molar-refractivity contribution in [3.8, 4) is 0 Å². The predicted octanol–water partition coefficient (Wildman–Crippen LogP) is 2.28. The topological polar surface area (TPSA) is 66.9 Å². The fourth-order valence-electron chi connectivity index (χ4n) is 2.30. The van der Waals surface area contributed by atoms with Gasteiger partial charge < -0.3 is 14.9 Å². The molecular formula is C16H15N3O2. The largest absolute Gasteiger partial charge is 0.359 e. The van der Waals surface area contributed by atoms with Gasteiger partial charge in [0.1, 0.15) is 6.54 Å². The van der Waals surface area contributed by atoms with Crippen molar-refractivity contribution in [2.24, 2.45) is 0 Å². The Labute approximate surface area is 121 Å². The number of nitrogens with one attached hydrogen (secondary N) is 2. The summed E-state index contributed by atoms with van der Waals surface area (Å²) in [5.74, 6) is -0.227. The number of carbonyl (C=O) groups is 1. The third-order valence-corrected chi connectivity index (χ3v) is 3.25. The first-order valence-electron chi connectivity index (χ1n) is 6.66. The molecule has 3 aromatic rings. The van der Waals surface area contributed by atoms with Gasteiger partial charge in [-0.15, -0.1) is 0 Å². The van der Waals surface area contributed by atoms with E-state index in [2.05, 4.69) is 10.3 Å². The molecule has 2 heterocycles. The highest BCUT2D eigenvalue weighted by atomic mass is 16.2. The number of anilines is 1. The van der Waals surface area contributed by atoms with Gasteiger partial charge in [0.15, 0.2) is 0 Å². The first-order chi connectivity index (χ1) is 10.1. The highest BCUT2D eigenvalue weighted by molar-refractivity contribution is 5.93. The van der Waals surface area contributed by atoms with E-state index in [9.17, 15) is 9.59 Å². The SMILES string of the molecule is Cc1cc2cc(NC(=O)Cn3ccccc3=O)ccc2[nH]1. The Morgan fingerprint density at radius 3 is 2.90 bits per heavy atom. The van der Waals surface area contributed by atoms with Gasteiger partial charge in [0.25, 0.3) is 5.56 Å². The van der Waals surface area contributed by atoms with Gasteiger partial charge in [-0.25, -0.2) is 0 Å². The maximum Gasteiger partial charge on any atom is 0.250 e. The molecule has 5 nitrogen and oxygen atoms in total. The molecule has 0 aliphatic rings. The number of carbonyl (C=O) groups excluding carboxylic acids is 1. The zero-order valence-corrected chi connectivity index (χ0v) is 11.6. The Morgan fingerprint density at radius 1 is 1.24 bits per heavy atom. The van der Waals surface area contributed by atoms with E-state index in [1.165, 1.54) is 10.6 Å². The number of hydrogen-bond acceptors (Lipinski definition) is 2. The molecule has 0 bridgehead atoms. The fraction of sp³-hybridized carbons (Fsp3) is 0.125. The van der Waals surface area contributed by atoms with Gasteiger partial charge >= 0.3 is 0 Å². The van der Waals surface area contributed by atoms with E-state index in [0.29, 0.717) is 0 Å². The van der Waals surface area contributed by atoms with Crippen LogP contribution in [0.5, 0.6) is 0 Å². The molecular weight excluding hydrogens is 266 g/mol. The molecule has 3 rings (SSSR count). The van der Waals surface area contributed by atoms with E-state index in [-0.39, 0.29) is 18.0 Å². The molecule has 0 saturated carbocycles. The molecule has 106 valence electrons. The van der Waals surface area contributed by atoms with Crippen LogP contribution in [-0.2, 0) is 11.3 Å². The molecule has 0 fully saturated rings.